The summed E-state index contributed by atoms with van der Waals surface area (Å²) >= 11 is 0. The van der Waals surface area contributed by atoms with Gasteiger partial charge in [0.2, 0.25) is 0 Å². The van der Waals surface area contributed by atoms with E-state index in [2.05, 4.69) is 25.2 Å². The first-order valence-electron chi connectivity index (χ1n) is 6.13. The van der Waals surface area contributed by atoms with Crippen molar-refractivity contribution in [2.45, 2.75) is 32.4 Å². The molecule has 2 N–H and O–H groups in total. The molecule has 0 aliphatic carbocycles. The van der Waals surface area contributed by atoms with Gasteiger partial charge < -0.3 is 5.32 Å². The molecule has 3 atom stereocenters. The van der Waals surface area contributed by atoms with E-state index in [0.717, 1.165) is 12.1 Å². The average Bonchev–Trinajstić information content (AvgIpc) is 2.79. The van der Waals surface area contributed by atoms with Gasteiger partial charge in [-0.05, 0) is 30.8 Å². The summed E-state index contributed by atoms with van der Waals surface area (Å²) in [6, 6.07) is 3.14. The first-order chi connectivity index (χ1) is 9.02. The second kappa shape index (κ2) is 5.89. The fraction of sp³-hybridized carbons (Fsp3) is 0.417. The monoisotopic (exact) mass is 279 g/mol. The van der Waals surface area contributed by atoms with E-state index in [9.17, 15) is 4.39 Å². The molecule has 1 aromatic carbocycles. The molecule has 0 saturated carbocycles. The number of hydrogen-bond acceptors (Lipinski definition) is 4. The number of nitrogens with one attached hydrogen (secondary N) is 2. The lowest BCUT2D eigenvalue weighted by molar-refractivity contribution is 0.0629. The average molecular weight is 279 g/mol. The summed E-state index contributed by atoms with van der Waals surface area (Å²) in [5, 5.41) is 7.57. The van der Waals surface area contributed by atoms with Gasteiger partial charge in [0, 0.05) is 5.69 Å². The molecule has 4 nitrogen and oxygen atoms in total. The van der Waals surface area contributed by atoms with Gasteiger partial charge in [-0.25, -0.2) is 4.39 Å². The Morgan fingerprint density at radius 1 is 1.63 bits per heavy atom. The number of rotatable bonds is 4. The van der Waals surface area contributed by atoms with Crippen molar-refractivity contribution in [2.24, 2.45) is 5.16 Å². The summed E-state index contributed by atoms with van der Waals surface area (Å²) < 4.78 is 13.6. The molecule has 0 saturated heterocycles. The lowest BCUT2D eigenvalue weighted by atomic mass is 9.95. The van der Waals surface area contributed by atoms with E-state index in [-0.39, 0.29) is 17.9 Å². The third-order valence-electron chi connectivity index (χ3n) is 3.09. The van der Waals surface area contributed by atoms with Crippen LogP contribution >= 0.6 is 9.24 Å². The van der Waals surface area contributed by atoms with Gasteiger partial charge in [0.1, 0.15) is 19.4 Å². The van der Waals surface area contributed by atoms with Crippen molar-refractivity contribution in [3.63, 3.8) is 0 Å². The maximum Gasteiger partial charge on any atom is 0.131 e. The highest BCUT2D eigenvalue weighted by molar-refractivity contribution is 7.28. The Morgan fingerprint density at radius 3 is 2.89 bits per heavy atom. The summed E-state index contributed by atoms with van der Waals surface area (Å²) in [4.78, 5) is 4.85. The molecule has 19 heavy (non-hydrogen) atoms. The van der Waals surface area contributed by atoms with E-state index in [1.54, 1.807) is 6.07 Å². The fourth-order valence-electron chi connectivity index (χ4n) is 1.97. The molecule has 7 heteroatoms. The Hall–Kier alpha value is -1.13. The van der Waals surface area contributed by atoms with Crippen LogP contribution < -0.4 is 21.6 Å². The zero-order valence-corrected chi connectivity index (χ0v) is 12.1. The molecule has 0 fully saturated rings. The molecule has 0 aromatic heterocycles. The molecule has 1 aliphatic rings. The maximum atomic E-state index is 13.6. The Morgan fingerprint density at radius 2 is 2.37 bits per heavy atom. The predicted octanol–water partition coefficient (Wildman–Crippen LogP) is 0.590. The summed E-state index contributed by atoms with van der Waals surface area (Å²) in [6.45, 7) is 3.98. The quantitative estimate of drug-likeness (QED) is 0.626. The Labute approximate surface area is 115 Å². The van der Waals surface area contributed by atoms with Gasteiger partial charge >= 0.3 is 0 Å². The largest absolute Gasteiger partial charge is 0.377 e. The molecule has 1 aliphatic heterocycles. The minimum atomic E-state index is -0.349. The summed E-state index contributed by atoms with van der Waals surface area (Å²) in [7, 11) is 8.05. The van der Waals surface area contributed by atoms with E-state index in [1.165, 1.54) is 6.07 Å². The number of halogens is 1. The Kier molecular flexibility index (Phi) is 4.43. The number of benzene rings is 1. The first-order valence-corrected chi connectivity index (χ1v) is 6.71. The van der Waals surface area contributed by atoms with Crippen LogP contribution in [0.2, 0.25) is 0 Å². The molecule has 100 valence electrons. The summed E-state index contributed by atoms with van der Waals surface area (Å²) in [6.07, 6.45) is 0.804. The van der Waals surface area contributed by atoms with Crippen LogP contribution in [0.15, 0.2) is 17.3 Å². The minimum Gasteiger partial charge on any atom is -0.377 e. The van der Waals surface area contributed by atoms with Crippen molar-refractivity contribution in [2.75, 3.05) is 5.32 Å². The molecular formula is C12H16BFN3OP. The molecule has 3 unspecified atom stereocenters. The van der Waals surface area contributed by atoms with Crippen molar-refractivity contribution < 1.29 is 9.33 Å². The maximum absolute atomic E-state index is 13.6. The van der Waals surface area contributed by atoms with Gasteiger partial charge in [0.05, 0.1) is 12.1 Å². The molecular weight excluding hydrogens is 263 g/mol. The van der Waals surface area contributed by atoms with Gasteiger partial charge in [-0.2, -0.15) is 0 Å². The highest BCUT2D eigenvalue weighted by atomic mass is 31.0. The normalized spacial score (nSPS) is 19.8. The number of hydrogen-bond donors (Lipinski definition) is 2. The lowest BCUT2D eigenvalue weighted by Gasteiger charge is -2.20. The minimum absolute atomic E-state index is 0.0284. The Balaban J connectivity index is 2.19. The number of oxime groups is 1. The number of nitrogens with zero attached hydrogens (tertiary/aromatic N) is 1. The SMILES string of the molecule is [B]c1cc(NC(CC)C2=NONC2C)cc(F)c1P. The standard InChI is InChI=1S/C12H16BFN3OP/c1-3-10(11-6(2)16-18-17-11)15-7-4-8(13)12(19)9(14)5-7/h4-6,10,15-16H,3,19H2,1-2H3. The second-order valence-electron chi connectivity index (χ2n) is 4.51. The smallest absolute Gasteiger partial charge is 0.131 e. The van der Waals surface area contributed by atoms with Crippen LogP contribution in [0.1, 0.15) is 20.3 Å². The fourth-order valence-corrected chi connectivity index (χ4v) is 2.14. The van der Waals surface area contributed by atoms with Crippen LogP contribution in [-0.4, -0.2) is 25.6 Å². The van der Waals surface area contributed by atoms with Crippen molar-refractivity contribution in [1.29, 1.82) is 0 Å². The second-order valence-corrected chi connectivity index (χ2v) is 5.09. The predicted molar refractivity (Wildman–Crippen MR) is 80.0 cm³/mol. The van der Waals surface area contributed by atoms with E-state index in [4.69, 9.17) is 12.8 Å². The topological polar surface area (TPSA) is 45.7 Å². The van der Waals surface area contributed by atoms with Crippen molar-refractivity contribution in [1.82, 2.24) is 5.48 Å². The summed E-state index contributed by atoms with van der Waals surface area (Å²) in [5.74, 6) is -0.349. The van der Waals surface area contributed by atoms with E-state index >= 15 is 0 Å². The van der Waals surface area contributed by atoms with Gasteiger partial charge in [-0.1, -0.05) is 17.5 Å². The van der Waals surface area contributed by atoms with Crippen LogP contribution in [0, 0.1) is 5.82 Å². The third kappa shape index (κ3) is 3.07. The molecule has 0 spiro atoms. The molecule has 2 rings (SSSR count). The zero-order chi connectivity index (χ0) is 14.0. The highest BCUT2D eigenvalue weighted by Gasteiger charge is 2.25. The molecule has 0 amide bonds. The Bertz CT molecular complexity index is 489. The van der Waals surface area contributed by atoms with Gasteiger partial charge in [0.25, 0.3) is 0 Å². The van der Waals surface area contributed by atoms with Gasteiger partial charge in [-0.3, -0.25) is 4.94 Å². The number of hydroxylamine groups is 1. The lowest BCUT2D eigenvalue weighted by Crippen LogP contribution is -2.38. The molecule has 1 heterocycles. The van der Waals surface area contributed by atoms with Crippen LogP contribution in [0.25, 0.3) is 0 Å². The molecule has 2 radical (unpaired) electrons. The van der Waals surface area contributed by atoms with Crippen molar-refractivity contribution in [3.8, 4) is 0 Å². The van der Waals surface area contributed by atoms with Crippen molar-refractivity contribution in [3.05, 3.63) is 17.9 Å². The van der Waals surface area contributed by atoms with E-state index in [0.29, 0.717) is 16.5 Å². The molecule has 1 aromatic rings. The zero-order valence-electron chi connectivity index (χ0n) is 10.9. The first kappa shape index (κ1) is 14.3. The van der Waals surface area contributed by atoms with Crippen LogP contribution in [0.4, 0.5) is 10.1 Å². The summed E-state index contributed by atoms with van der Waals surface area (Å²) in [5.41, 5.74) is 4.65. The molecule has 0 bridgehead atoms. The highest BCUT2D eigenvalue weighted by Crippen LogP contribution is 2.14. The van der Waals surface area contributed by atoms with Gasteiger partial charge in [0.15, 0.2) is 0 Å². The van der Waals surface area contributed by atoms with Gasteiger partial charge in [-0.15, -0.1) is 14.7 Å². The third-order valence-corrected chi connectivity index (χ3v) is 3.70. The van der Waals surface area contributed by atoms with Crippen molar-refractivity contribution >= 4 is 39.3 Å². The van der Waals surface area contributed by atoms with Crippen LogP contribution in [0.3, 0.4) is 0 Å². The van der Waals surface area contributed by atoms with E-state index in [1.807, 2.05) is 13.8 Å². The number of anilines is 1. The van der Waals surface area contributed by atoms with Crippen LogP contribution in [0.5, 0.6) is 0 Å². The van der Waals surface area contributed by atoms with E-state index < -0.39 is 0 Å². The van der Waals surface area contributed by atoms with Crippen LogP contribution in [-0.2, 0) is 4.94 Å².